The van der Waals surface area contributed by atoms with E-state index < -0.39 is 0 Å². The van der Waals surface area contributed by atoms with E-state index in [0.717, 1.165) is 25.1 Å². The molecule has 126 valence electrons. The fourth-order valence-corrected chi connectivity index (χ4v) is 3.00. The van der Waals surface area contributed by atoms with Crippen molar-refractivity contribution in [1.29, 1.82) is 0 Å². The smallest absolute Gasteiger partial charge is 0.227 e. The standard InChI is InChI=1S/C19H28N2O2/c1-15(2)12-18(22)20-8-5-9-21(11-10-20)19(23)14-17-7-4-6-16(3)13-17/h4,6-7,13,15H,5,8-12,14H2,1-3H3. The first-order chi connectivity index (χ1) is 11.0. The van der Waals surface area contributed by atoms with Crippen LogP contribution in [0.3, 0.4) is 0 Å². The van der Waals surface area contributed by atoms with Crippen molar-refractivity contribution in [3.05, 3.63) is 35.4 Å². The minimum atomic E-state index is 0.161. The van der Waals surface area contributed by atoms with Crippen molar-refractivity contribution in [1.82, 2.24) is 9.80 Å². The van der Waals surface area contributed by atoms with Crippen molar-refractivity contribution in [3.63, 3.8) is 0 Å². The van der Waals surface area contributed by atoms with E-state index in [1.54, 1.807) is 0 Å². The highest BCUT2D eigenvalue weighted by atomic mass is 16.2. The number of rotatable bonds is 4. The first-order valence-corrected chi connectivity index (χ1v) is 8.57. The van der Waals surface area contributed by atoms with Gasteiger partial charge in [0.25, 0.3) is 0 Å². The second-order valence-electron chi connectivity index (χ2n) is 6.88. The molecule has 1 saturated heterocycles. The summed E-state index contributed by atoms with van der Waals surface area (Å²) in [6, 6.07) is 8.10. The number of aryl methyl sites for hydroxylation is 1. The van der Waals surface area contributed by atoms with Crippen LogP contribution in [0.5, 0.6) is 0 Å². The molecular weight excluding hydrogens is 288 g/mol. The third kappa shape index (κ3) is 5.38. The van der Waals surface area contributed by atoms with Gasteiger partial charge >= 0.3 is 0 Å². The van der Waals surface area contributed by atoms with Crippen molar-refractivity contribution >= 4 is 11.8 Å². The molecule has 0 aromatic heterocycles. The Hall–Kier alpha value is -1.84. The van der Waals surface area contributed by atoms with Crippen molar-refractivity contribution in [3.8, 4) is 0 Å². The highest BCUT2D eigenvalue weighted by Gasteiger charge is 2.22. The van der Waals surface area contributed by atoms with Crippen molar-refractivity contribution in [2.75, 3.05) is 26.2 Å². The number of amides is 2. The second kappa shape index (κ2) is 8.14. The Kier molecular flexibility index (Phi) is 6.20. The molecule has 0 radical (unpaired) electrons. The topological polar surface area (TPSA) is 40.6 Å². The SMILES string of the molecule is Cc1cccc(CC(=O)N2CCCN(C(=O)CC(C)C)CC2)c1. The normalized spacial score (nSPS) is 15.7. The minimum Gasteiger partial charge on any atom is -0.341 e. The lowest BCUT2D eigenvalue weighted by atomic mass is 10.1. The number of carbonyl (C=O) groups excluding carboxylic acids is 2. The van der Waals surface area contributed by atoms with E-state index in [-0.39, 0.29) is 11.8 Å². The first-order valence-electron chi connectivity index (χ1n) is 8.57. The van der Waals surface area contributed by atoms with Gasteiger partial charge in [-0.25, -0.2) is 0 Å². The Morgan fingerprint density at radius 3 is 2.30 bits per heavy atom. The molecule has 0 aliphatic carbocycles. The van der Waals surface area contributed by atoms with Crippen LogP contribution in [0.15, 0.2) is 24.3 Å². The van der Waals surface area contributed by atoms with Crippen LogP contribution in [0.1, 0.15) is 37.8 Å². The van der Waals surface area contributed by atoms with Gasteiger partial charge in [0.2, 0.25) is 11.8 Å². The molecule has 4 nitrogen and oxygen atoms in total. The van der Waals surface area contributed by atoms with E-state index in [1.165, 1.54) is 5.56 Å². The van der Waals surface area contributed by atoms with E-state index in [4.69, 9.17) is 0 Å². The second-order valence-corrected chi connectivity index (χ2v) is 6.88. The molecule has 0 spiro atoms. The summed E-state index contributed by atoms with van der Waals surface area (Å²) in [5, 5.41) is 0. The summed E-state index contributed by atoms with van der Waals surface area (Å²) in [4.78, 5) is 28.5. The molecule has 1 heterocycles. The molecule has 0 saturated carbocycles. The van der Waals surface area contributed by atoms with Crippen LogP contribution in [0.25, 0.3) is 0 Å². The Labute approximate surface area is 139 Å². The average molecular weight is 316 g/mol. The van der Waals surface area contributed by atoms with Gasteiger partial charge in [0.05, 0.1) is 6.42 Å². The maximum absolute atomic E-state index is 12.5. The highest BCUT2D eigenvalue weighted by molar-refractivity contribution is 5.79. The summed E-state index contributed by atoms with van der Waals surface area (Å²) >= 11 is 0. The van der Waals surface area contributed by atoms with Crippen molar-refractivity contribution in [2.45, 2.75) is 40.0 Å². The Bertz CT molecular complexity index is 554. The first kappa shape index (κ1) is 17.5. The highest BCUT2D eigenvalue weighted by Crippen LogP contribution is 2.11. The number of nitrogens with zero attached hydrogens (tertiary/aromatic N) is 2. The molecule has 1 aromatic carbocycles. The summed E-state index contributed by atoms with van der Waals surface area (Å²) < 4.78 is 0. The number of hydrogen-bond acceptors (Lipinski definition) is 2. The van der Waals surface area contributed by atoms with Gasteiger partial charge in [-0.3, -0.25) is 9.59 Å². The van der Waals surface area contributed by atoms with Gasteiger partial charge in [-0.15, -0.1) is 0 Å². The molecule has 0 unspecified atom stereocenters. The van der Waals surface area contributed by atoms with Crippen LogP contribution in [0, 0.1) is 12.8 Å². The molecule has 2 amide bonds. The summed E-state index contributed by atoms with van der Waals surface area (Å²) in [6.45, 7) is 8.98. The predicted molar refractivity (Wildman–Crippen MR) is 92.1 cm³/mol. The molecule has 0 atom stereocenters. The lowest BCUT2D eigenvalue weighted by Crippen LogP contribution is -2.38. The van der Waals surface area contributed by atoms with Gasteiger partial charge in [-0.05, 0) is 24.8 Å². The van der Waals surface area contributed by atoms with Crippen LogP contribution in [-0.4, -0.2) is 47.8 Å². The fraction of sp³-hybridized carbons (Fsp3) is 0.579. The van der Waals surface area contributed by atoms with Gasteiger partial charge in [0.15, 0.2) is 0 Å². The molecule has 1 fully saturated rings. The zero-order valence-corrected chi connectivity index (χ0v) is 14.5. The molecule has 23 heavy (non-hydrogen) atoms. The van der Waals surface area contributed by atoms with Gasteiger partial charge in [0, 0.05) is 32.6 Å². The van der Waals surface area contributed by atoms with E-state index in [1.807, 2.05) is 34.9 Å². The summed E-state index contributed by atoms with van der Waals surface area (Å²) in [5.41, 5.74) is 2.24. The quantitative estimate of drug-likeness (QED) is 0.857. The summed E-state index contributed by atoms with van der Waals surface area (Å²) in [6.07, 6.45) is 1.91. The zero-order valence-electron chi connectivity index (χ0n) is 14.5. The lowest BCUT2D eigenvalue weighted by molar-refractivity contribution is -0.133. The van der Waals surface area contributed by atoms with Gasteiger partial charge in [-0.2, -0.15) is 0 Å². The predicted octanol–water partition coefficient (Wildman–Crippen LogP) is 2.64. The molecule has 0 bridgehead atoms. The fourth-order valence-electron chi connectivity index (χ4n) is 3.00. The lowest BCUT2D eigenvalue weighted by Gasteiger charge is -2.23. The number of hydrogen-bond donors (Lipinski definition) is 0. The van der Waals surface area contributed by atoms with Crippen LogP contribution in [-0.2, 0) is 16.0 Å². The summed E-state index contributed by atoms with van der Waals surface area (Å²) in [7, 11) is 0. The molecule has 1 aliphatic heterocycles. The maximum atomic E-state index is 12.5. The van der Waals surface area contributed by atoms with Crippen LogP contribution in [0.2, 0.25) is 0 Å². The number of carbonyl (C=O) groups is 2. The maximum Gasteiger partial charge on any atom is 0.227 e. The average Bonchev–Trinajstić information content (AvgIpc) is 2.72. The molecule has 0 N–H and O–H groups in total. The zero-order chi connectivity index (χ0) is 16.8. The van der Waals surface area contributed by atoms with Crippen LogP contribution >= 0.6 is 0 Å². The van der Waals surface area contributed by atoms with E-state index in [2.05, 4.69) is 19.9 Å². The molecule has 4 heteroatoms. The molecular formula is C19H28N2O2. The Morgan fingerprint density at radius 1 is 1.04 bits per heavy atom. The minimum absolute atomic E-state index is 0.161. The molecule has 2 rings (SSSR count). The van der Waals surface area contributed by atoms with E-state index >= 15 is 0 Å². The Morgan fingerprint density at radius 2 is 1.70 bits per heavy atom. The monoisotopic (exact) mass is 316 g/mol. The van der Waals surface area contributed by atoms with Gasteiger partial charge in [0.1, 0.15) is 0 Å². The largest absolute Gasteiger partial charge is 0.341 e. The molecule has 1 aliphatic rings. The van der Waals surface area contributed by atoms with Gasteiger partial charge < -0.3 is 9.80 Å². The van der Waals surface area contributed by atoms with Crippen LogP contribution in [0.4, 0.5) is 0 Å². The molecule has 1 aromatic rings. The van der Waals surface area contributed by atoms with Gasteiger partial charge in [-0.1, -0.05) is 43.7 Å². The van der Waals surface area contributed by atoms with Crippen molar-refractivity contribution in [2.24, 2.45) is 5.92 Å². The third-order valence-electron chi connectivity index (χ3n) is 4.22. The van der Waals surface area contributed by atoms with Crippen molar-refractivity contribution < 1.29 is 9.59 Å². The number of benzene rings is 1. The van der Waals surface area contributed by atoms with Crippen LogP contribution < -0.4 is 0 Å². The van der Waals surface area contributed by atoms with E-state index in [9.17, 15) is 9.59 Å². The summed E-state index contributed by atoms with van der Waals surface area (Å²) in [5.74, 6) is 0.756. The van der Waals surface area contributed by atoms with E-state index in [0.29, 0.717) is 31.8 Å². The Balaban J connectivity index is 1.89. The third-order valence-corrected chi connectivity index (χ3v) is 4.22.